The summed E-state index contributed by atoms with van der Waals surface area (Å²) in [6.07, 6.45) is 2.52. The lowest BCUT2D eigenvalue weighted by atomic mass is 10.0. The fourth-order valence-corrected chi connectivity index (χ4v) is 5.50. The van der Waals surface area contributed by atoms with Crippen molar-refractivity contribution in [3.05, 3.63) is 94.0 Å². The number of carbonyl (C=O) groups excluding carboxylic acids is 1. The standard InChI is InChI=1S/C27H23N5O2S/c1-17-10-11-24(28-14-17)32-26(34)19-7-3-5-9-22(19)30-27(32)35-16-25(33)31-13-12-23-20(15-31)18-6-2-4-8-21(18)29-23/h2-11,14,29H,12-13,15-16H2,1H3. The molecule has 8 heteroatoms. The third-order valence-electron chi connectivity index (χ3n) is 6.43. The van der Waals surface area contributed by atoms with Gasteiger partial charge in [-0.05, 0) is 36.8 Å². The number of aromatic nitrogens is 4. The van der Waals surface area contributed by atoms with E-state index in [1.54, 1.807) is 12.3 Å². The summed E-state index contributed by atoms with van der Waals surface area (Å²) in [6, 6.07) is 19.2. The average Bonchev–Trinajstić information content (AvgIpc) is 3.26. The molecule has 1 aliphatic rings. The van der Waals surface area contributed by atoms with Crippen molar-refractivity contribution in [2.75, 3.05) is 12.3 Å². The average molecular weight is 482 g/mol. The fraction of sp³-hybridized carbons (Fsp3) is 0.185. The predicted molar refractivity (Wildman–Crippen MR) is 138 cm³/mol. The van der Waals surface area contributed by atoms with Crippen LogP contribution in [0, 0.1) is 6.92 Å². The normalized spacial score (nSPS) is 13.3. The van der Waals surface area contributed by atoms with Crippen molar-refractivity contribution in [2.24, 2.45) is 0 Å². The van der Waals surface area contributed by atoms with Gasteiger partial charge in [0.05, 0.1) is 16.7 Å². The first-order chi connectivity index (χ1) is 17.1. The van der Waals surface area contributed by atoms with Crippen LogP contribution in [0.3, 0.4) is 0 Å². The lowest BCUT2D eigenvalue weighted by molar-refractivity contribution is -0.129. The number of aromatic amines is 1. The third-order valence-corrected chi connectivity index (χ3v) is 7.35. The molecule has 6 rings (SSSR count). The molecule has 0 unspecified atom stereocenters. The molecule has 5 aromatic rings. The lowest BCUT2D eigenvalue weighted by Gasteiger charge is -2.27. The molecule has 0 spiro atoms. The van der Waals surface area contributed by atoms with Crippen LogP contribution >= 0.6 is 11.8 Å². The van der Waals surface area contributed by atoms with Crippen molar-refractivity contribution in [2.45, 2.75) is 25.0 Å². The molecule has 7 nitrogen and oxygen atoms in total. The maximum absolute atomic E-state index is 13.4. The zero-order chi connectivity index (χ0) is 23.9. The Bertz CT molecular complexity index is 1640. The molecule has 0 fully saturated rings. The summed E-state index contributed by atoms with van der Waals surface area (Å²) >= 11 is 1.28. The molecule has 174 valence electrons. The van der Waals surface area contributed by atoms with Crippen LogP contribution in [0.5, 0.6) is 0 Å². The molecule has 0 bridgehead atoms. The number of pyridine rings is 1. The molecule has 3 aromatic heterocycles. The van der Waals surface area contributed by atoms with Crippen molar-refractivity contribution < 1.29 is 4.79 Å². The van der Waals surface area contributed by atoms with Gasteiger partial charge >= 0.3 is 0 Å². The van der Waals surface area contributed by atoms with Gasteiger partial charge in [-0.1, -0.05) is 48.2 Å². The second-order valence-corrected chi connectivity index (χ2v) is 9.67. The number of aryl methyl sites for hydroxylation is 1. The molecular weight excluding hydrogens is 458 g/mol. The molecular formula is C27H23N5O2S. The van der Waals surface area contributed by atoms with Gasteiger partial charge in [0.15, 0.2) is 5.16 Å². The van der Waals surface area contributed by atoms with Crippen LogP contribution in [0.1, 0.15) is 16.8 Å². The third kappa shape index (κ3) is 3.89. The van der Waals surface area contributed by atoms with Gasteiger partial charge in [-0.15, -0.1) is 0 Å². The molecule has 2 aromatic carbocycles. The van der Waals surface area contributed by atoms with Crippen molar-refractivity contribution in [1.29, 1.82) is 0 Å². The number of nitrogens with zero attached hydrogens (tertiary/aromatic N) is 4. The summed E-state index contributed by atoms with van der Waals surface area (Å²) in [4.78, 5) is 41.2. The van der Waals surface area contributed by atoms with Gasteiger partial charge in [-0.3, -0.25) is 9.59 Å². The van der Waals surface area contributed by atoms with E-state index < -0.39 is 0 Å². The first-order valence-electron chi connectivity index (χ1n) is 11.5. The van der Waals surface area contributed by atoms with E-state index in [4.69, 9.17) is 4.98 Å². The zero-order valence-electron chi connectivity index (χ0n) is 19.2. The van der Waals surface area contributed by atoms with E-state index in [0.717, 1.165) is 17.5 Å². The minimum atomic E-state index is -0.191. The number of para-hydroxylation sites is 2. The maximum atomic E-state index is 13.4. The molecule has 1 N–H and O–H groups in total. The molecule has 1 amide bonds. The highest BCUT2D eigenvalue weighted by atomic mass is 32.2. The Labute approximate surface area is 205 Å². The Hall–Kier alpha value is -3.91. The zero-order valence-corrected chi connectivity index (χ0v) is 20.0. The number of nitrogens with one attached hydrogen (secondary N) is 1. The van der Waals surface area contributed by atoms with Crippen LogP contribution in [-0.2, 0) is 17.8 Å². The number of amides is 1. The molecule has 0 saturated heterocycles. The number of hydrogen-bond donors (Lipinski definition) is 1. The Kier molecular flexibility index (Phi) is 5.37. The number of fused-ring (bicyclic) bond motifs is 4. The summed E-state index contributed by atoms with van der Waals surface area (Å²) in [5.41, 5.74) is 4.92. The molecule has 0 saturated carbocycles. The monoisotopic (exact) mass is 481 g/mol. The Balaban J connectivity index is 1.30. The largest absolute Gasteiger partial charge is 0.358 e. The van der Waals surface area contributed by atoms with Crippen LogP contribution in [0.15, 0.2) is 76.8 Å². The van der Waals surface area contributed by atoms with Crippen molar-refractivity contribution in [1.82, 2.24) is 24.4 Å². The molecule has 0 atom stereocenters. The highest BCUT2D eigenvalue weighted by Gasteiger charge is 2.25. The number of hydrogen-bond acceptors (Lipinski definition) is 5. The first-order valence-corrected chi connectivity index (χ1v) is 12.5. The van der Waals surface area contributed by atoms with Gasteiger partial charge in [-0.2, -0.15) is 0 Å². The van der Waals surface area contributed by atoms with Crippen molar-refractivity contribution in [3.8, 4) is 5.82 Å². The highest BCUT2D eigenvalue weighted by molar-refractivity contribution is 7.99. The number of thioether (sulfide) groups is 1. The number of carbonyl (C=O) groups is 1. The summed E-state index contributed by atoms with van der Waals surface area (Å²) in [6.45, 7) is 3.19. The van der Waals surface area contributed by atoms with E-state index in [9.17, 15) is 9.59 Å². The minimum absolute atomic E-state index is 0.0248. The Morgan fingerprint density at radius 3 is 2.69 bits per heavy atom. The second kappa shape index (κ2) is 8.70. The number of rotatable bonds is 4. The second-order valence-electron chi connectivity index (χ2n) is 8.73. The smallest absolute Gasteiger partial charge is 0.267 e. The van der Waals surface area contributed by atoms with Gasteiger partial charge in [0.2, 0.25) is 5.91 Å². The molecule has 0 radical (unpaired) electrons. The quantitative estimate of drug-likeness (QED) is 0.307. The van der Waals surface area contributed by atoms with Crippen LogP contribution < -0.4 is 5.56 Å². The topological polar surface area (TPSA) is 83.9 Å². The van der Waals surface area contributed by atoms with Crippen LogP contribution in [0.2, 0.25) is 0 Å². The van der Waals surface area contributed by atoms with E-state index >= 15 is 0 Å². The van der Waals surface area contributed by atoms with Crippen molar-refractivity contribution >= 4 is 39.5 Å². The molecule has 1 aliphatic heterocycles. The van der Waals surface area contributed by atoms with E-state index in [-0.39, 0.29) is 17.2 Å². The number of benzene rings is 2. The predicted octanol–water partition coefficient (Wildman–Crippen LogP) is 4.25. The van der Waals surface area contributed by atoms with Crippen LogP contribution in [0.25, 0.3) is 27.6 Å². The van der Waals surface area contributed by atoms with E-state index in [1.807, 2.05) is 54.3 Å². The number of H-pyrrole nitrogens is 1. The van der Waals surface area contributed by atoms with Gasteiger partial charge in [0, 0.05) is 47.9 Å². The van der Waals surface area contributed by atoms with Gasteiger partial charge < -0.3 is 9.88 Å². The molecule has 35 heavy (non-hydrogen) atoms. The van der Waals surface area contributed by atoms with Gasteiger partial charge in [0.25, 0.3) is 5.56 Å². The Morgan fingerprint density at radius 2 is 1.86 bits per heavy atom. The summed E-state index contributed by atoms with van der Waals surface area (Å²) < 4.78 is 1.51. The van der Waals surface area contributed by atoms with Gasteiger partial charge in [-0.25, -0.2) is 14.5 Å². The van der Waals surface area contributed by atoms with Crippen LogP contribution in [0.4, 0.5) is 0 Å². The van der Waals surface area contributed by atoms with Gasteiger partial charge in [0.1, 0.15) is 5.82 Å². The van der Waals surface area contributed by atoms with Crippen LogP contribution in [-0.4, -0.2) is 42.6 Å². The molecule has 4 heterocycles. The fourth-order valence-electron chi connectivity index (χ4n) is 4.60. The minimum Gasteiger partial charge on any atom is -0.358 e. The summed E-state index contributed by atoms with van der Waals surface area (Å²) in [5.74, 6) is 0.709. The summed E-state index contributed by atoms with van der Waals surface area (Å²) in [5, 5.41) is 2.15. The summed E-state index contributed by atoms with van der Waals surface area (Å²) in [7, 11) is 0. The van der Waals surface area contributed by atoms with E-state index in [1.165, 1.54) is 33.0 Å². The lowest BCUT2D eigenvalue weighted by Crippen LogP contribution is -2.37. The molecule has 0 aliphatic carbocycles. The van der Waals surface area contributed by atoms with E-state index in [2.05, 4.69) is 22.1 Å². The first kappa shape index (κ1) is 21.6. The SMILES string of the molecule is Cc1ccc(-n2c(SCC(=O)N3CCc4[nH]c5ccccc5c4C3)nc3ccccc3c2=O)nc1. The van der Waals surface area contributed by atoms with E-state index in [0.29, 0.717) is 35.0 Å². The Morgan fingerprint density at radius 1 is 1.06 bits per heavy atom. The maximum Gasteiger partial charge on any atom is 0.267 e. The highest BCUT2D eigenvalue weighted by Crippen LogP contribution is 2.28. The van der Waals surface area contributed by atoms with Crippen molar-refractivity contribution in [3.63, 3.8) is 0 Å².